The molecule has 2 aromatic rings. The Labute approximate surface area is 157 Å². The van der Waals surface area contributed by atoms with Crippen LogP contribution in [0.4, 0.5) is 0 Å². The van der Waals surface area contributed by atoms with Crippen molar-refractivity contribution >= 4 is 0 Å². The first-order chi connectivity index (χ1) is 12.7. The van der Waals surface area contributed by atoms with Gasteiger partial charge in [-0.2, -0.15) is 0 Å². The van der Waals surface area contributed by atoms with E-state index in [1.165, 1.54) is 30.5 Å². The molecule has 4 heteroatoms. The van der Waals surface area contributed by atoms with Gasteiger partial charge in [0.1, 0.15) is 12.4 Å². The van der Waals surface area contributed by atoms with Crippen molar-refractivity contribution in [1.82, 2.24) is 9.80 Å². The number of nitrogens with zero attached hydrogens (tertiary/aromatic N) is 2. The van der Waals surface area contributed by atoms with E-state index in [1.54, 1.807) is 0 Å². The zero-order valence-corrected chi connectivity index (χ0v) is 15.7. The number of piperidine rings is 1. The van der Waals surface area contributed by atoms with E-state index in [4.69, 9.17) is 9.84 Å². The predicted molar refractivity (Wildman–Crippen MR) is 105 cm³/mol. The summed E-state index contributed by atoms with van der Waals surface area (Å²) in [5, 5.41) is 8.83. The van der Waals surface area contributed by atoms with E-state index in [0.717, 1.165) is 25.4 Å². The van der Waals surface area contributed by atoms with Gasteiger partial charge in [0, 0.05) is 25.7 Å². The van der Waals surface area contributed by atoms with Crippen LogP contribution in [0.5, 0.6) is 5.75 Å². The van der Waals surface area contributed by atoms with Gasteiger partial charge in [-0.15, -0.1) is 0 Å². The second kappa shape index (κ2) is 9.72. The van der Waals surface area contributed by atoms with Crippen LogP contribution in [0, 0.1) is 0 Å². The van der Waals surface area contributed by atoms with Gasteiger partial charge >= 0.3 is 0 Å². The van der Waals surface area contributed by atoms with E-state index in [2.05, 4.69) is 59.3 Å². The molecule has 1 aliphatic heterocycles. The summed E-state index contributed by atoms with van der Waals surface area (Å²) in [5.74, 6) is 0.821. The number of ether oxygens (including phenoxy) is 1. The number of likely N-dealkylation sites (tertiary alicyclic amines) is 1. The first kappa shape index (κ1) is 18.9. The van der Waals surface area contributed by atoms with Crippen molar-refractivity contribution in [3.63, 3.8) is 0 Å². The molecule has 1 heterocycles. The van der Waals surface area contributed by atoms with E-state index in [0.29, 0.717) is 12.6 Å². The molecule has 0 saturated carbocycles. The minimum atomic E-state index is 0.0490. The molecule has 140 valence electrons. The summed E-state index contributed by atoms with van der Waals surface area (Å²) in [5.41, 5.74) is 2.69. The third-order valence-corrected chi connectivity index (χ3v) is 5.07. The smallest absolute Gasteiger partial charge is 0.119 e. The van der Waals surface area contributed by atoms with Crippen molar-refractivity contribution in [3.8, 4) is 5.75 Å². The lowest BCUT2D eigenvalue weighted by molar-refractivity contribution is 0.107. The minimum Gasteiger partial charge on any atom is -0.491 e. The topological polar surface area (TPSA) is 35.9 Å². The first-order valence-corrected chi connectivity index (χ1v) is 9.54. The molecule has 0 spiro atoms. The molecule has 2 aromatic carbocycles. The quantitative estimate of drug-likeness (QED) is 0.790. The molecule has 0 aliphatic carbocycles. The molecule has 0 radical (unpaired) electrons. The normalized spacial score (nSPS) is 18.2. The lowest BCUT2D eigenvalue weighted by atomic mass is 10.0. The standard InChI is InChI=1S/C22H30N2O2/c1-23(16-19-6-3-2-4-7-19)21-8-5-13-24(18-21)17-20-9-11-22(12-10-20)26-15-14-25/h2-4,6-7,9-12,21,25H,5,8,13-18H2,1H3/t21-/m0/s1. The van der Waals surface area contributed by atoms with Crippen LogP contribution < -0.4 is 4.74 Å². The Balaban J connectivity index is 1.51. The van der Waals surface area contributed by atoms with Gasteiger partial charge in [-0.1, -0.05) is 42.5 Å². The van der Waals surface area contributed by atoms with E-state index in [1.807, 2.05) is 12.1 Å². The van der Waals surface area contributed by atoms with Crippen LogP contribution in [0.15, 0.2) is 54.6 Å². The van der Waals surface area contributed by atoms with Gasteiger partial charge in [0.2, 0.25) is 0 Å². The summed E-state index contributed by atoms with van der Waals surface area (Å²) >= 11 is 0. The molecule has 0 amide bonds. The predicted octanol–water partition coefficient (Wildman–Crippen LogP) is 3.15. The molecule has 4 nitrogen and oxygen atoms in total. The third-order valence-electron chi connectivity index (χ3n) is 5.07. The molecule has 1 fully saturated rings. The molecule has 0 aromatic heterocycles. The number of hydrogen-bond acceptors (Lipinski definition) is 4. The summed E-state index contributed by atoms with van der Waals surface area (Å²) in [6.45, 7) is 4.67. The van der Waals surface area contributed by atoms with E-state index >= 15 is 0 Å². The highest BCUT2D eigenvalue weighted by Gasteiger charge is 2.23. The molecule has 1 atom stereocenters. The lowest BCUT2D eigenvalue weighted by Gasteiger charge is -2.37. The Hall–Kier alpha value is -1.88. The van der Waals surface area contributed by atoms with Gasteiger partial charge in [-0.25, -0.2) is 0 Å². The molecule has 26 heavy (non-hydrogen) atoms. The molecule has 0 unspecified atom stereocenters. The molecular formula is C22H30N2O2. The highest BCUT2D eigenvalue weighted by Crippen LogP contribution is 2.20. The molecule has 1 aliphatic rings. The fraction of sp³-hybridized carbons (Fsp3) is 0.455. The highest BCUT2D eigenvalue weighted by atomic mass is 16.5. The molecule has 3 rings (SSSR count). The zero-order valence-electron chi connectivity index (χ0n) is 15.7. The summed E-state index contributed by atoms with van der Waals surface area (Å²) in [6.07, 6.45) is 2.52. The monoisotopic (exact) mass is 354 g/mol. The van der Waals surface area contributed by atoms with Crippen LogP contribution in [0.2, 0.25) is 0 Å². The number of aliphatic hydroxyl groups is 1. The SMILES string of the molecule is CN(Cc1ccccc1)[C@H]1CCCN(Cc2ccc(OCCO)cc2)C1. The van der Waals surface area contributed by atoms with Crippen LogP contribution in [0.3, 0.4) is 0 Å². The third kappa shape index (κ3) is 5.56. The minimum absolute atomic E-state index is 0.0490. The van der Waals surface area contributed by atoms with Gasteiger partial charge in [0.05, 0.1) is 6.61 Å². The zero-order chi connectivity index (χ0) is 18.2. The van der Waals surface area contributed by atoms with Crippen LogP contribution in [0.1, 0.15) is 24.0 Å². The van der Waals surface area contributed by atoms with Crippen molar-refractivity contribution in [2.24, 2.45) is 0 Å². The first-order valence-electron chi connectivity index (χ1n) is 9.54. The van der Waals surface area contributed by atoms with Gasteiger partial charge < -0.3 is 9.84 Å². The molecule has 1 N–H and O–H groups in total. The number of likely N-dealkylation sites (N-methyl/N-ethyl adjacent to an activating group) is 1. The second-order valence-electron chi connectivity index (χ2n) is 7.15. The largest absolute Gasteiger partial charge is 0.491 e. The van der Waals surface area contributed by atoms with E-state index < -0.39 is 0 Å². The van der Waals surface area contributed by atoms with Crippen molar-refractivity contribution in [1.29, 1.82) is 0 Å². The Morgan fingerprint density at radius 3 is 2.58 bits per heavy atom. The number of benzene rings is 2. The van der Waals surface area contributed by atoms with E-state index in [9.17, 15) is 0 Å². The Morgan fingerprint density at radius 1 is 1.08 bits per heavy atom. The fourth-order valence-corrected chi connectivity index (χ4v) is 3.65. The van der Waals surface area contributed by atoms with Crippen LogP contribution >= 0.6 is 0 Å². The molecule has 1 saturated heterocycles. The Kier molecular flexibility index (Phi) is 7.06. The summed E-state index contributed by atoms with van der Waals surface area (Å²) in [6, 6.07) is 19.6. The van der Waals surface area contributed by atoms with Crippen molar-refractivity contribution in [2.45, 2.75) is 32.0 Å². The summed E-state index contributed by atoms with van der Waals surface area (Å²) in [4.78, 5) is 5.05. The number of rotatable bonds is 8. The van der Waals surface area contributed by atoms with Crippen LogP contribution in [-0.2, 0) is 13.1 Å². The fourth-order valence-electron chi connectivity index (χ4n) is 3.65. The second-order valence-corrected chi connectivity index (χ2v) is 7.15. The maximum absolute atomic E-state index is 8.83. The number of hydrogen-bond donors (Lipinski definition) is 1. The highest BCUT2D eigenvalue weighted by molar-refractivity contribution is 5.27. The maximum atomic E-state index is 8.83. The van der Waals surface area contributed by atoms with Gasteiger partial charge in [-0.05, 0) is 49.7 Å². The van der Waals surface area contributed by atoms with Crippen LogP contribution in [0.25, 0.3) is 0 Å². The van der Waals surface area contributed by atoms with Crippen molar-refractivity contribution < 1.29 is 9.84 Å². The summed E-state index contributed by atoms with van der Waals surface area (Å²) in [7, 11) is 2.24. The van der Waals surface area contributed by atoms with E-state index in [-0.39, 0.29) is 6.61 Å². The Morgan fingerprint density at radius 2 is 1.85 bits per heavy atom. The number of aliphatic hydroxyl groups excluding tert-OH is 1. The lowest BCUT2D eigenvalue weighted by Crippen LogP contribution is -2.45. The van der Waals surface area contributed by atoms with Gasteiger partial charge in [-0.3, -0.25) is 9.80 Å². The van der Waals surface area contributed by atoms with Gasteiger partial charge in [0.15, 0.2) is 0 Å². The average Bonchev–Trinajstić information content (AvgIpc) is 2.68. The van der Waals surface area contributed by atoms with Crippen molar-refractivity contribution in [2.75, 3.05) is 33.4 Å². The Bertz CT molecular complexity index is 645. The summed E-state index contributed by atoms with van der Waals surface area (Å²) < 4.78 is 5.43. The maximum Gasteiger partial charge on any atom is 0.119 e. The molecular weight excluding hydrogens is 324 g/mol. The van der Waals surface area contributed by atoms with Crippen molar-refractivity contribution in [3.05, 3.63) is 65.7 Å². The molecule has 0 bridgehead atoms. The average molecular weight is 354 g/mol. The van der Waals surface area contributed by atoms with Crippen LogP contribution in [-0.4, -0.2) is 54.3 Å². The van der Waals surface area contributed by atoms with Gasteiger partial charge in [0.25, 0.3) is 0 Å².